The third-order valence-corrected chi connectivity index (χ3v) is 4.37. The highest BCUT2D eigenvalue weighted by molar-refractivity contribution is 7.89. The van der Waals surface area contributed by atoms with Crippen molar-refractivity contribution in [3.8, 4) is 0 Å². The minimum Gasteiger partial charge on any atom is -0.368 e. The fraction of sp³-hybridized carbons (Fsp3) is 0.455. The van der Waals surface area contributed by atoms with Gasteiger partial charge in [0.1, 0.15) is 16.3 Å². The van der Waals surface area contributed by atoms with E-state index in [2.05, 4.69) is 10.3 Å². The lowest BCUT2D eigenvalue weighted by Gasteiger charge is -2.23. The van der Waals surface area contributed by atoms with Crippen molar-refractivity contribution in [2.45, 2.75) is 24.3 Å². The number of carbonyl (C=O) groups excluding carboxylic acids is 1. The molecule has 0 bridgehead atoms. The number of primary amides is 1. The SMILES string of the molecule is CN(C)S(=O)(=O)c1ccc(NC(C)(C)C(N)=O)nc1. The van der Waals surface area contributed by atoms with Crippen molar-refractivity contribution in [3.05, 3.63) is 18.3 Å². The molecular formula is C11H18N4O3S. The van der Waals surface area contributed by atoms with E-state index in [1.807, 2.05) is 0 Å². The van der Waals surface area contributed by atoms with Gasteiger partial charge in [-0.3, -0.25) is 4.79 Å². The first-order valence-corrected chi connectivity index (χ1v) is 6.98. The van der Waals surface area contributed by atoms with Gasteiger partial charge in [-0.1, -0.05) is 0 Å². The molecule has 0 fully saturated rings. The number of carbonyl (C=O) groups is 1. The van der Waals surface area contributed by atoms with E-state index in [1.54, 1.807) is 13.8 Å². The Labute approximate surface area is 112 Å². The average Bonchev–Trinajstić information content (AvgIpc) is 2.28. The monoisotopic (exact) mass is 286 g/mol. The lowest BCUT2D eigenvalue weighted by Crippen LogP contribution is -2.45. The molecular weight excluding hydrogens is 268 g/mol. The van der Waals surface area contributed by atoms with Gasteiger partial charge in [-0.15, -0.1) is 0 Å². The van der Waals surface area contributed by atoms with Crippen LogP contribution in [0.2, 0.25) is 0 Å². The van der Waals surface area contributed by atoms with E-state index < -0.39 is 21.5 Å². The molecule has 0 atom stereocenters. The second-order valence-electron chi connectivity index (χ2n) is 4.78. The highest BCUT2D eigenvalue weighted by atomic mass is 32.2. The van der Waals surface area contributed by atoms with E-state index in [-0.39, 0.29) is 4.90 Å². The molecule has 8 heteroatoms. The van der Waals surface area contributed by atoms with Crippen LogP contribution in [0.3, 0.4) is 0 Å². The van der Waals surface area contributed by atoms with Gasteiger partial charge in [0.15, 0.2) is 0 Å². The maximum Gasteiger partial charge on any atom is 0.244 e. The first kappa shape index (κ1) is 15.4. The van der Waals surface area contributed by atoms with E-state index in [1.165, 1.54) is 32.4 Å². The molecule has 0 unspecified atom stereocenters. The Hall–Kier alpha value is -1.67. The number of hydrogen-bond acceptors (Lipinski definition) is 5. The first-order valence-electron chi connectivity index (χ1n) is 5.54. The van der Waals surface area contributed by atoms with Crippen LogP contribution in [-0.4, -0.2) is 43.2 Å². The molecule has 1 amide bonds. The van der Waals surface area contributed by atoms with E-state index >= 15 is 0 Å². The molecule has 1 aromatic heterocycles. The molecule has 0 saturated heterocycles. The highest BCUT2D eigenvalue weighted by Gasteiger charge is 2.25. The molecule has 0 aromatic carbocycles. The van der Waals surface area contributed by atoms with Crippen molar-refractivity contribution in [1.82, 2.24) is 9.29 Å². The molecule has 0 aliphatic carbocycles. The van der Waals surface area contributed by atoms with Crippen LogP contribution >= 0.6 is 0 Å². The minimum atomic E-state index is -3.50. The van der Waals surface area contributed by atoms with Crippen LogP contribution in [0, 0.1) is 0 Å². The number of rotatable bonds is 5. The van der Waals surface area contributed by atoms with Crippen LogP contribution in [0.5, 0.6) is 0 Å². The number of sulfonamides is 1. The first-order chi connectivity index (χ1) is 8.57. The molecule has 19 heavy (non-hydrogen) atoms. The summed E-state index contributed by atoms with van der Waals surface area (Å²) in [5.74, 6) is -0.152. The third kappa shape index (κ3) is 3.42. The van der Waals surface area contributed by atoms with Crippen LogP contribution in [0.15, 0.2) is 23.2 Å². The quantitative estimate of drug-likeness (QED) is 0.793. The zero-order valence-corrected chi connectivity index (χ0v) is 12.2. The lowest BCUT2D eigenvalue weighted by molar-refractivity contribution is -0.121. The number of amides is 1. The average molecular weight is 286 g/mol. The maximum absolute atomic E-state index is 11.8. The number of nitrogens with one attached hydrogen (secondary N) is 1. The van der Waals surface area contributed by atoms with Crippen LogP contribution < -0.4 is 11.1 Å². The zero-order chi connectivity index (χ0) is 14.8. The number of aromatic nitrogens is 1. The van der Waals surface area contributed by atoms with Crippen LogP contribution in [-0.2, 0) is 14.8 Å². The summed E-state index contributed by atoms with van der Waals surface area (Å²) in [6, 6.07) is 2.91. The Bertz CT molecular complexity index is 564. The lowest BCUT2D eigenvalue weighted by atomic mass is 10.1. The fourth-order valence-electron chi connectivity index (χ4n) is 1.20. The fourth-order valence-corrected chi connectivity index (χ4v) is 2.05. The van der Waals surface area contributed by atoms with Crippen LogP contribution in [0.1, 0.15) is 13.8 Å². The van der Waals surface area contributed by atoms with E-state index in [9.17, 15) is 13.2 Å². The van der Waals surface area contributed by atoms with Gasteiger partial charge in [0.05, 0.1) is 0 Å². The molecule has 106 valence electrons. The summed E-state index contributed by atoms with van der Waals surface area (Å²) in [5.41, 5.74) is 4.26. The molecule has 0 spiro atoms. The standard InChI is InChI=1S/C11H18N4O3S/c1-11(2,10(12)16)14-9-6-5-8(7-13-9)19(17,18)15(3)4/h5-7H,1-4H3,(H2,12,16)(H,13,14). The summed E-state index contributed by atoms with van der Waals surface area (Å²) in [5, 5.41) is 2.83. The molecule has 1 aromatic rings. The number of pyridine rings is 1. The summed E-state index contributed by atoms with van der Waals surface area (Å²) in [4.78, 5) is 15.2. The molecule has 0 saturated carbocycles. The summed E-state index contributed by atoms with van der Waals surface area (Å²) in [7, 11) is -0.618. The highest BCUT2D eigenvalue weighted by Crippen LogP contribution is 2.16. The van der Waals surface area contributed by atoms with Crippen molar-refractivity contribution < 1.29 is 13.2 Å². The second kappa shape index (κ2) is 5.14. The van der Waals surface area contributed by atoms with Crippen molar-refractivity contribution in [2.24, 2.45) is 5.73 Å². The van der Waals surface area contributed by atoms with E-state index in [0.717, 1.165) is 4.31 Å². The predicted octanol–water partition coefficient (Wildman–Crippen LogP) is 0.00770. The van der Waals surface area contributed by atoms with Gasteiger partial charge in [0, 0.05) is 20.3 Å². The molecule has 3 N–H and O–H groups in total. The van der Waals surface area contributed by atoms with E-state index in [4.69, 9.17) is 5.73 Å². The Kier molecular flexibility index (Phi) is 4.16. The van der Waals surface area contributed by atoms with E-state index in [0.29, 0.717) is 5.82 Å². The summed E-state index contributed by atoms with van der Waals surface area (Å²) < 4.78 is 24.8. The Morgan fingerprint density at radius 2 is 1.95 bits per heavy atom. The molecule has 0 radical (unpaired) electrons. The van der Waals surface area contributed by atoms with Gasteiger partial charge in [0.2, 0.25) is 15.9 Å². The smallest absolute Gasteiger partial charge is 0.244 e. The van der Waals surface area contributed by atoms with Gasteiger partial charge in [-0.05, 0) is 26.0 Å². The molecule has 1 heterocycles. The zero-order valence-electron chi connectivity index (χ0n) is 11.3. The van der Waals surface area contributed by atoms with Gasteiger partial charge < -0.3 is 11.1 Å². The number of nitrogens with two attached hydrogens (primary N) is 1. The Morgan fingerprint density at radius 1 is 1.37 bits per heavy atom. The Balaban J connectivity index is 2.99. The van der Waals surface area contributed by atoms with Crippen molar-refractivity contribution in [3.63, 3.8) is 0 Å². The van der Waals surface area contributed by atoms with Gasteiger partial charge in [0.25, 0.3) is 0 Å². The molecule has 0 aliphatic rings. The molecule has 7 nitrogen and oxygen atoms in total. The second-order valence-corrected chi connectivity index (χ2v) is 6.93. The van der Waals surface area contributed by atoms with Crippen molar-refractivity contribution in [2.75, 3.05) is 19.4 Å². The largest absolute Gasteiger partial charge is 0.368 e. The summed E-state index contributed by atoms with van der Waals surface area (Å²) in [6.45, 7) is 3.23. The number of hydrogen-bond donors (Lipinski definition) is 2. The normalized spacial score (nSPS) is 12.5. The third-order valence-electron chi connectivity index (χ3n) is 2.57. The number of anilines is 1. The van der Waals surface area contributed by atoms with Gasteiger partial charge in [-0.25, -0.2) is 17.7 Å². The maximum atomic E-state index is 11.8. The molecule has 0 aliphatic heterocycles. The van der Waals surface area contributed by atoms with Crippen LogP contribution in [0.25, 0.3) is 0 Å². The number of nitrogens with zero attached hydrogens (tertiary/aromatic N) is 2. The van der Waals surface area contributed by atoms with Crippen molar-refractivity contribution >= 4 is 21.7 Å². The predicted molar refractivity (Wildman–Crippen MR) is 72.0 cm³/mol. The van der Waals surface area contributed by atoms with Crippen LogP contribution in [0.4, 0.5) is 5.82 Å². The summed E-state index contributed by atoms with van der Waals surface area (Å²) in [6.07, 6.45) is 1.23. The Morgan fingerprint density at radius 3 is 2.32 bits per heavy atom. The topological polar surface area (TPSA) is 105 Å². The van der Waals surface area contributed by atoms with Gasteiger partial charge >= 0.3 is 0 Å². The summed E-state index contributed by atoms with van der Waals surface area (Å²) >= 11 is 0. The van der Waals surface area contributed by atoms with Gasteiger partial charge in [-0.2, -0.15) is 0 Å². The van der Waals surface area contributed by atoms with Crippen molar-refractivity contribution in [1.29, 1.82) is 0 Å². The minimum absolute atomic E-state index is 0.0833. The molecule has 1 rings (SSSR count).